The highest BCUT2D eigenvalue weighted by atomic mass is 19.1. The molecule has 0 fully saturated rings. The summed E-state index contributed by atoms with van der Waals surface area (Å²) >= 11 is 0. The lowest BCUT2D eigenvalue weighted by Gasteiger charge is -2.25. The minimum atomic E-state index is -0.281. The fraction of sp³-hybridized carbons (Fsp3) is 0.538. The van der Waals surface area contributed by atoms with Gasteiger partial charge in [0.05, 0.1) is 7.11 Å². The molecular formula is C13H20FNO2. The van der Waals surface area contributed by atoms with Gasteiger partial charge in [-0.2, -0.15) is 0 Å². The van der Waals surface area contributed by atoms with Crippen molar-refractivity contribution in [3.8, 4) is 5.75 Å². The first-order valence-corrected chi connectivity index (χ1v) is 5.67. The van der Waals surface area contributed by atoms with E-state index < -0.39 is 0 Å². The van der Waals surface area contributed by atoms with Crippen molar-refractivity contribution in [2.24, 2.45) is 0 Å². The average Bonchev–Trinajstić information content (AvgIpc) is 2.27. The highest BCUT2D eigenvalue weighted by molar-refractivity contribution is 5.28. The van der Waals surface area contributed by atoms with Gasteiger partial charge in [-0.1, -0.05) is 6.07 Å². The monoisotopic (exact) mass is 241 g/mol. The number of rotatable bonds is 6. The van der Waals surface area contributed by atoms with E-state index in [9.17, 15) is 4.39 Å². The summed E-state index contributed by atoms with van der Waals surface area (Å²) in [4.78, 5) is 0. The summed E-state index contributed by atoms with van der Waals surface area (Å²) in [6.45, 7) is 4.50. The molecule has 0 spiro atoms. The predicted molar refractivity (Wildman–Crippen MR) is 65.6 cm³/mol. The first-order chi connectivity index (χ1) is 7.98. The van der Waals surface area contributed by atoms with Gasteiger partial charge >= 0.3 is 0 Å². The fourth-order valence-electron chi connectivity index (χ4n) is 1.50. The Labute approximate surface area is 102 Å². The summed E-state index contributed by atoms with van der Waals surface area (Å²) in [6, 6.07) is 4.81. The predicted octanol–water partition coefficient (Wildman–Crippen LogP) is 2.08. The van der Waals surface area contributed by atoms with Crippen molar-refractivity contribution in [2.75, 3.05) is 13.7 Å². The molecule has 0 aliphatic rings. The van der Waals surface area contributed by atoms with Crippen molar-refractivity contribution < 1.29 is 14.2 Å². The molecule has 0 aromatic heterocycles. The molecule has 0 amide bonds. The molecule has 1 aromatic rings. The van der Waals surface area contributed by atoms with E-state index >= 15 is 0 Å². The van der Waals surface area contributed by atoms with E-state index in [4.69, 9.17) is 9.84 Å². The van der Waals surface area contributed by atoms with Crippen molar-refractivity contribution in [3.63, 3.8) is 0 Å². The van der Waals surface area contributed by atoms with Gasteiger partial charge in [-0.3, -0.25) is 0 Å². The molecule has 0 saturated heterocycles. The molecule has 0 bridgehead atoms. The van der Waals surface area contributed by atoms with Crippen LogP contribution in [-0.2, 0) is 6.54 Å². The van der Waals surface area contributed by atoms with Crippen molar-refractivity contribution in [2.45, 2.75) is 32.4 Å². The maximum Gasteiger partial charge on any atom is 0.131 e. The standard InChI is InChI=1S/C13H20FNO2/c1-13(2,6-7-16)15-9-10-4-5-11(17-3)8-12(10)14/h4-5,8,15-16H,6-7,9H2,1-3H3. The molecule has 1 rings (SSSR count). The smallest absolute Gasteiger partial charge is 0.131 e. The first kappa shape index (κ1) is 13.9. The lowest BCUT2D eigenvalue weighted by atomic mass is 10.0. The topological polar surface area (TPSA) is 41.5 Å². The summed E-state index contributed by atoms with van der Waals surface area (Å²) in [5.41, 5.74) is 0.387. The lowest BCUT2D eigenvalue weighted by Crippen LogP contribution is -2.39. The third-order valence-corrected chi connectivity index (χ3v) is 2.75. The Kier molecular flexibility index (Phi) is 4.90. The van der Waals surface area contributed by atoms with Gasteiger partial charge in [-0.05, 0) is 26.3 Å². The van der Waals surface area contributed by atoms with Gasteiger partial charge in [0.25, 0.3) is 0 Å². The first-order valence-electron chi connectivity index (χ1n) is 5.67. The summed E-state index contributed by atoms with van der Waals surface area (Å²) in [6.07, 6.45) is 0.630. The Morgan fingerprint density at radius 1 is 1.41 bits per heavy atom. The maximum absolute atomic E-state index is 13.6. The van der Waals surface area contributed by atoms with Gasteiger partial charge in [0, 0.05) is 30.3 Å². The van der Waals surface area contributed by atoms with E-state index in [2.05, 4.69) is 5.32 Å². The van der Waals surface area contributed by atoms with Crippen LogP contribution in [0.5, 0.6) is 5.75 Å². The summed E-state index contributed by atoms with van der Waals surface area (Å²) in [5, 5.41) is 12.1. The third kappa shape index (κ3) is 4.32. The van der Waals surface area contributed by atoms with E-state index in [1.54, 1.807) is 12.1 Å². The second-order valence-electron chi connectivity index (χ2n) is 4.67. The lowest BCUT2D eigenvalue weighted by molar-refractivity contribution is 0.229. The van der Waals surface area contributed by atoms with Crippen LogP contribution >= 0.6 is 0 Å². The molecule has 0 unspecified atom stereocenters. The molecule has 2 N–H and O–H groups in total. The average molecular weight is 241 g/mol. The van der Waals surface area contributed by atoms with Crippen LogP contribution in [-0.4, -0.2) is 24.4 Å². The van der Waals surface area contributed by atoms with Gasteiger partial charge < -0.3 is 15.2 Å². The number of nitrogens with one attached hydrogen (secondary N) is 1. The van der Waals surface area contributed by atoms with E-state index in [0.717, 1.165) is 0 Å². The van der Waals surface area contributed by atoms with Crippen LogP contribution in [0.1, 0.15) is 25.8 Å². The minimum Gasteiger partial charge on any atom is -0.497 e. The van der Waals surface area contributed by atoms with Crippen LogP contribution in [0, 0.1) is 5.82 Å². The number of ether oxygens (including phenoxy) is 1. The number of aliphatic hydroxyl groups is 1. The van der Waals surface area contributed by atoms with Crippen LogP contribution in [0.3, 0.4) is 0 Å². The fourth-order valence-corrected chi connectivity index (χ4v) is 1.50. The molecule has 17 heavy (non-hydrogen) atoms. The van der Waals surface area contributed by atoms with Gasteiger partial charge in [0.1, 0.15) is 11.6 Å². The Morgan fingerprint density at radius 2 is 2.12 bits per heavy atom. The van der Waals surface area contributed by atoms with E-state index in [-0.39, 0.29) is 18.0 Å². The number of hydrogen-bond acceptors (Lipinski definition) is 3. The van der Waals surface area contributed by atoms with Crippen LogP contribution in [0.25, 0.3) is 0 Å². The number of aliphatic hydroxyl groups excluding tert-OH is 1. The third-order valence-electron chi connectivity index (χ3n) is 2.75. The maximum atomic E-state index is 13.6. The molecule has 0 atom stereocenters. The summed E-state index contributed by atoms with van der Waals surface area (Å²) in [5.74, 6) is 0.234. The largest absolute Gasteiger partial charge is 0.497 e. The molecule has 96 valence electrons. The Morgan fingerprint density at radius 3 is 2.65 bits per heavy atom. The van der Waals surface area contributed by atoms with E-state index in [0.29, 0.717) is 24.3 Å². The van der Waals surface area contributed by atoms with Crippen molar-refractivity contribution in [1.29, 1.82) is 0 Å². The zero-order valence-electron chi connectivity index (χ0n) is 10.6. The van der Waals surface area contributed by atoms with Gasteiger partial charge in [0.15, 0.2) is 0 Å². The Bertz CT molecular complexity index is 366. The van der Waals surface area contributed by atoms with Crippen LogP contribution in [0.15, 0.2) is 18.2 Å². The highest BCUT2D eigenvalue weighted by Crippen LogP contribution is 2.17. The van der Waals surface area contributed by atoms with E-state index in [1.165, 1.54) is 13.2 Å². The second-order valence-corrected chi connectivity index (χ2v) is 4.67. The highest BCUT2D eigenvalue weighted by Gasteiger charge is 2.16. The minimum absolute atomic E-state index is 0.116. The molecular weight excluding hydrogens is 221 g/mol. The second kappa shape index (κ2) is 5.98. The van der Waals surface area contributed by atoms with Crippen molar-refractivity contribution >= 4 is 0 Å². The number of halogens is 1. The number of hydrogen-bond donors (Lipinski definition) is 2. The number of benzene rings is 1. The zero-order chi connectivity index (χ0) is 12.9. The Balaban J connectivity index is 2.63. The molecule has 0 radical (unpaired) electrons. The van der Waals surface area contributed by atoms with Gasteiger partial charge in [-0.25, -0.2) is 4.39 Å². The normalized spacial score (nSPS) is 11.6. The van der Waals surface area contributed by atoms with Gasteiger partial charge in [0.2, 0.25) is 0 Å². The molecule has 0 aliphatic heterocycles. The summed E-state index contributed by atoms with van der Waals surface area (Å²) < 4.78 is 18.6. The summed E-state index contributed by atoms with van der Waals surface area (Å²) in [7, 11) is 1.51. The van der Waals surface area contributed by atoms with Crippen LogP contribution in [0.2, 0.25) is 0 Å². The molecule has 0 heterocycles. The van der Waals surface area contributed by atoms with Crippen LogP contribution in [0.4, 0.5) is 4.39 Å². The van der Waals surface area contributed by atoms with Crippen LogP contribution < -0.4 is 10.1 Å². The molecule has 3 nitrogen and oxygen atoms in total. The molecule has 1 aromatic carbocycles. The van der Waals surface area contributed by atoms with Crippen molar-refractivity contribution in [3.05, 3.63) is 29.6 Å². The SMILES string of the molecule is COc1ccc(CNC(C)(C)CCO)c(F)c1. The molecule has 0 saturated carbocycles. The Hall–Kier alpha value is -1.13. The molecule has 4 heteroatoms. The number of methoxy groups -OCH3 is 1. The quantitative estimate of drug-likeness (QED) is 0.801. The van der Waals surface area contributed by atoms with Crippen molar-refractivity contribution in [1.82, 2.24) is 5.32 Å². The zero-order valence-corrected chi connectivity index (χ0v) is 10.6. The van der Waals surface area contributed by atoms with E-state index in [1.807, 2.05) is 13.8 Å². The van der Waals surface area contributed by atoms with Gasteiger partial charge in [-0.15, -0.1) is 0 Å². The molecule has 0 aliphatic carbocycles.